The fraction of sp³-hybridized carbons (Fsp3) is 0.375. The van der Waals surface area contributed by atoms with Crippen LogP contribution in [-0.4, -0.2) is 22.1 Å². The second-order valence-electron chi connectivity index (χ2n) is 5.27. The highest BCUT2D eigenvalue weighted by Gasteiger charge is 2.14. The number of aliphatic hydroxyl groups is 1. The maximum Gasteiger partial charge on any atom is 0.308 e. The number of benzene rings is 1. The number of carbonyl (C=O) groups excluding carboxylic acids is 1. The van der Waals surface area contributed by atoms with Crippen molar-refractivity contribution in [3.05, 3.63) is 55.6 Å². The summed E-state index contributed by atoms with van der Waals surface area (Å²) in [5.41, 5.74) is 2.58. The summed E-state index contributed by atoms with van der Waals surface area (Å²) in [5.74, 6) is -0.282. The minimum Gasteiger partial charge on any atom is -0.387 e. The maximum absolute atomic E-state index is 12.0. The predicted octanol–water partition coefficient (Wildman–Crippen LogP) is 1.68. The third-order valence-electron chi connectivity index (χ3n) is 3.72. The Bertz CT molecular complexity index is 733. The standard InChI is InChI=1S/C16H20N2O3S/c1-10-6-4-5-7-13(10)14(19)8-17-15(20)9-18-11(2)12(3)22-16(18)21/h4-7,14,19H,8-9H2,1-3H3,(H,17,20). The Labute approximate surface area is 133 Å². The van der Waals surface area contributed by atoms with Gasteiger partial charge in [-0.1, -0.05) is 35.6 Å². The molecule has 1 aromatic heterocycles. The van der Waals surface area contributed by atoms with Crippen molar-refractivity contribution in [3.8, 4) is 0 Å². The van der Waals surface area contributed by atoms with Gasteiger partial charge in [-0.3, -0.25) is 14.2 Å². The summed E-state index contributed by atoms with van der Waals surface area (Å²) in [6.45, 7) is 5.70. The summed E-state index contributed by atoms with van der Waals surface area (Å²) in [6, 6.07) is 7.50. The summed E-state index contributed by atoms with van der Waals surface area (Å²) >= 11 is 1.14. The molecule has 0 saturated heterocycles. The average molecular weight is 320 g/mol. The van der Waals surface area contributed by atoms with E-state index in [-0.39, 0.29) is 23.9 Å². The molecule has 0 spiro atoms. The van der Waals surface area contributed by atoms with Crippen molar-refractivity contribution >= 4 is 17.2 Å². The Hall–Kier alpha value is -1.92. The largest absolute Gasteiger partial charge is 0.387 e. The second kappa shape index (κ2) is 6.89. The molecule has 1 atom stereocenters. The minimum absolute atomic E-state index is 0.0184. The number of aliphatic hydroxyl groups excluding tert-OH is 1. The molecule has 1 amide bonds. The van der Waals surface area contributed by atoms with Gasteiger partial charge in [0.05, 0.1) is 6.10 Å². The number of nitrogens with one attached hydrogen (secondary N) is 1. The second-order valence-corrected chi connectivity index (χ2v) is 6.44. The molecule has 0 fully saturated rings. The number of aromatic nitrogens is 1. The van der Waals surface area contributed by atoms with Crippen LogP contribution in [0.2, 0.25) is 0 Å². The van der Waals surface area contributed by atoms with Gasteiger partial charge in [0.25, 0.3) is 0 Å². The highest BCUT2D eigenvalue weighted by atomic mass is 32.1. The monoisotopic (exact) mass is 320 g/mol. The number of carbonyl (C=O) groups is 1. The molecule has 2 aromatic rings. The lowest BCUT2D eigenvalue weighted by atomic mass is 10.0. The molecule has 6 heteroatoms. The van der Waals surface area contributed by atoms with Crippen molar-refractivity contribution < 1.29 is 9.90 Å². The number of aryl methyl sites for hydroxylation is 2. The fourth-order valence-corrected chi connectivity index (χ4v) is 3.08. The Kier molecular flexibility index (Phi) is 5.15. The Morgan fingerprint density at radius 1 is 1.32 bits per heavy atom. The lowest BCUT2D eigenvalue weighted by molar-refractivity contribution is -0.122. The third-order valence-corrected chi connectivity index (χ3v) is 4.71. The molecule has 0 saturated carbocycles. The van der Waals surface area contributed by atoms with Crippen LogP contribution in [0.25, 0.3) is 0 Å². The highest BCUT2D eigenvalue weighted by molar-refractivity contribution is 7.09. The van der Waals surface area contributed by atoms with E-state index in [2.05, 4.69) is 5.32 Å². The van der Waals surface area contributed by atoms with Crippen LogP contribution in [-0.2, 0) is 11.3 Å². The van der Waals surface area contributed by atoms with E-state index in [1.54, 1.807) is 0 Å². The van der Waals surface area contributed by atoms with Crippen molar-refractivity contribution in [2.24, 2.45) is 0 Å². The van der Waals surface area contributed by atoms with Crippen LogP contribution in [0, 0.1) is 20.8 Å². The molecule has 5 nitrogen and oxygen atoms in total. The Morgan fingerprint density at radius 3 is 2.59 bits per heavy atom. The van der Waals surface area contributed by atoms with E-state index in [0.717, 1.165) is 33.0 Å². The smallest absolute Gasteiger partial charge is 0.308 e. The number of hydrogen-bond donors (Lipinski definition) is 2. The van der Waals surface area contributed by atoms with Crippen molar-refractivity contribution in [1.82, 2.24) is 9.88 Å². The van der Waals surface area contributed by atoms with E-state index in [1.165, 1.54) is 4.57 Å². The van der Waals surface area contributed by atoms with Crippen LogP contribution in [0.5, 0.6) is 0 Å². The van der Waals surface area contributed by atoms with Crippen LogP contribution in [0.3, 0.4) is 0 Å². The van der Waals surface area contributed by atoms with Gasteiger partial charge in [-0.25, -0.2) is 0 Å². The molecule has 1 unspecified atom stereocenters. The Balaban J connectivity index is 1.96. The van der Waals surface area contributed by atoms with Gasteiger partial charge in [0.2, 0.25) is 5.91 Å². The van der Waals surface area contributed by atoms with Gasteiger partial charge < -0.3 is 10.4 Å². The van der Waals surface area contributed by atoms with Gasteiger partial charge in [0.1, 0.15) is 6.54 Å². The molecule has 2 rings (SSSR count). The molecular weight excluding hydrogens is 300 g/mol. The summed E-state index contributed by atoms with van der Waals surface area (Å²) in [4.78, 5) is 24.5. The van der Waals surface area contributed by atoms with Crippen LogP contribution >= 0.6 is 11.3 Å². The van der Waals surface area contributed by atoms with Gasteiger partial charge in [-0.2, -0.15) is 0 Å². The van der Waals surface area contributed by atoms with Crippen LogP contribution < -0.4 is 10.2 Å². The molecule has 0 aliphatic rings. The molecule has 0 bridgehead atoms. The number of hydrogen-bond acceptors (Lipinski definition) is 4. The van der Waals surface area contributed by atoms with Crippen molar-refractivity contribution in [2.75, 3.05) is 6.54 Å². The SMILES string of the molecule is Cc1ccccc1C(O)CNC(=O)Cn1c(C)c(C)sc1=O. The van der Waals surface area contributed by atoms with E-state index < -0.39 is 6.10 Å². The minimum atomic E-state index is -0.757. The summed E-state index contributed by atoms with van der Waals surface area (Å²) in [6.07, 6.45) is -0.757. The number of thiazole rings is 1. The molecule has 0 aliphatic heterocycles. The maximum atomic E-state index is 12.0. The topological polar surface area (TPSA) is 71.3 Å². The molecule has 118 valence electrons. The van der Waals surface area contributed by atoms with Crippen LogP contribution in [0.1, 0.15) is 27.8 Å². The normalized spacial score (nSPS) is 12.2. The van der Waals surface area contributed by atoms with Crippen molar-refractivity contribution in [2.45, 2.75) is 33.4 Å². The van der Waals surface area contributed by atoms with E-state index in [1.807, 2.05) is 45.0 Å². The number of nitrogens with zero attached hydrogens (tertiary/aromatic N) is 1. The zero-order valence-corrected chi connectivity index (χ0v) is 13.7. The van der Waals surface area contributed by atoms with E-state index in [9.17, 15) is 14.7 Å². The summed E-state index contributed by atoms with van der Waals surface area (Å²) in [7, 11) is 0. The molecular formula is C16H20N2O3S. The first kappa shape index (κ1) is 16.5. The highest BCUT2D eigenvalue weighted by Crippen LogP contribution is 2.16. The van der Waals surface area contributed by atoms with Crippen LogP contribution in [0.4, 0.5) is 0 Å². The average Bonchev–Trinajstić information content (AvgIpc) is 2.72. The Morgan fingerprint density at radius 2 is 2.00 bits per heavy atom. The number of rotatable bonds is 5. The molecule has 2 N–H and O–H groups in total. The van der Waals surface area contributed by atoms with Crippen molar-refractivity contribution in [3.63, 3.8) is 0 Å². The molecule has 0 radical (unpaired) electrons. The zero-order valence-electron chi connectivity index (χ0n) is 12.9. The van der Waals surface area contributed by atoms with Gasteiger partial charge in [-0.15, -0.1) is 0 Å². The van der Waals surface area contributed by atoms with E-state index >= 15 is 0 Å². The fourth-order valence-electron chi connectivity index (χ4n) is 2.25. The zero-order chi connectivity index (χ0) is 16.3. The van der Waals surface area contributed by atoms with Crippen molar-refractivity contribution in [1.29, 1.82) is 0 Å². The van der Waals surface area contributed by atoms with Gasteiger partial charge in [0.15, 0.2) is 0 Å². The first-order valence-corrected chi connectivity index (χ1v) is 7.89. The molecule has 22 heavy (non-hydrogen) atoms. The number of amides is 1. The molecule has 1 heterocycles. The van der Waals surface area contributed by atoms with Gasteiger partial charge in [-0.05, 0) is 31.9 Å². The van der Waals surface area contributed by atoms with Gasteiger partial charge >= 0.3 is 4.87 Å². The lowest BCUT2D eigenvalue weighted by Crippen LogP contribution is -2.33. The first-order valence-electron chi connectivity index (χ1n) is 7.07. The van der Waals surface area contributed by atoms with Crippen LogP contribution in [0.15, 0.2) is 29.1 Å². The first-order chi connectivity index (χ1) is 10.4. The van der Waals surface area contributed by atoms with E-state index in [4.69, 9.17) is 0 Å². The third kappa shape index (κ3) is 3.64. The lowest BCUT2D eigenvalue weighted by Gasteiger charge is -2.14. The summed E-state index contributed by atoms with van der Waals surface area (Å²) < 4.78 is 1.45. The van der Waals surface area contributed by atoms with Gasteiger partial charge in [0, 0.05) is 17.1 Å². The quantitative estimate of drug-likeness (QED) is 0.880. The molecule has 1 aromatic carbocycles. The molecule has 0 aliphatic carbocycles. The predicted molar refractivity (Wildman–Crippen MR) is 87.2 cm³/mol. The summed E-state index contributed by atoms with van der Waals surface area (Å²) in [5, 5.41) is 12.8. The van der Waals surface area contributed by atoms with E-state index in [0.29, 0.717) is 0 Å².